The summed E-state index contributed by atoms with van der Waals surface area (Å²) in [7, 11) is 0. The molecule has 1 aliphatic heterocycles. The monoisotopic (exact) mass is 400 g/mol. The molecule has 28 heavy (non-hydrogen) atoms. The van der Waals surface area contributed by atoms with Crippen molar-refractivity contribution in [2.45, 2.75) is 31.7 Å². The Kier molecular flexibility index (Phi) is 4.99. The molecule has 146 valence electrons. The van der Waals surface area contributed by atoms with Gasteiger partial charge in [-0.1, -0.05) is 12.1 Å². The molecule has 0 bridgehead atoms. The maximum atomic E-state index is 12.4. The lowest BCUT2D eigenvalue weighted by Crippen LogP contribution is -2.42. The molecule has 2 fully saturated rings. The maximum absolute atomic E-state index is 12.4. The van der Waals surface area contributed by atoms with Crippen molar-refractivity contribution in [2.75, 3.05) is 17.2 Å². The van der Waals surface area contributed by atoms with Crippen LogP contribution in [0.15, 0.2) is 29.6 Å². The van der Waals surface area contributed by atoms with Crippen LogP contribution in [-0.4, -0.2) is 45.5 Å². The van der Waals surface area contributed by atoms with Crippen LogP contribution in [0, 0.1) is 5.92 Å². The van der Waals surface area contributed by atoms with Crippen molar-refractivity contribution in [3.05, 3.63) is 29.6 Å². The van der Waals surface area contributed by atoms with Gasteiger partial charge in [-0.25, -0.2) is 9.78 Å². The summed E-state index contributed by atoms with van der Waals surface area (Å²) in [6, 6.07) is 6.73. The van der Waals surface area contributed by atoms with Crippen molar-refractivity contribution in [1.82, 2.24) is 9.88 Å². The molecule has 1 aliphatic carbocycles. The highest BCUT2D eigenvalue weighted by atomic mass is 32.1. The molecule has 2 aliphatic rings. The summed E-state index contributed by atoms with van der Waals surface area (Å²) in [4.78, 5) is 41.0. The average Bonchev–Trinajstić information content (AvgIpc) is 3.22. The maximum Gasteiger partial charge on any atom is 0.407 e. The molecule has 9 heteroatoms. The summed E-state index contributed by atoms with van der Waals surface area (Å²) in [6.45, 7) is 0.375. The number of anilines is 2. The third kappa shape index (κ3) is 3.99. The number of carbonyl (C=O) groups is 3. The van der Waals surface area contributed by atoms with Crippen LogP contribution in [-0.2, 0) is 9.59 Å². The minimum absolute atomic E-state index is 0.0636. The van der Waals surface area contributed by atoms with Crippen molar-refractivity contribution < 1.29 is 19.5 Å². The fourth-order valence-corrected chi connectivity index (χ4v) is 3.96. The van der Waals surface area contributed by atoms with Crippen LogP contribution in [0.1, 0.15) is 25.7 Å². The average molecular weight is 400 g/mol. The van der Waals surface area contributed by atoms with Gasteiger partial charge in [0.1, 0.15) is 6.04 Å². The Morgan fingerprint density at radius 2 is 1.82 bits per heavy atom. The number of hydrogen-bond acceptors (Lipinski definition) is 5. The highest BCUT2D eigenvalue weighted by Gasteiger charge is 2.34. The van der Waals surface area contributed by atoms with E-state index in [1.165, 1.54) is 16.2 Å². The molecular weight excluding hydrogens is 380 g/mol. The number of aromatic nitrogens is 1. The fourth-order valence-electron chi connectivity index (χ4n) is 3.23. The Hall–Kier alpha value is -2.94. The number of carbonyl (C=O) groups excluding carboxylic acids is 2. The van der Waals surface area contributed by atoms with E-state index in [0.717, 1.165) is 24.1 Å². The Morgan fingerprint density at radius 3 is 2.50 bits per heavy atom. The van der Waals surface area contributed by atoms with Crippen molar-refractivity contribution >= 4 is 40.1 Å². The van der Waals surface area contributed by atoms with E-state index < -0.39 is 12.1 Å². The molecule has 8 nitrogen and oxygen atoms in total. The van der Waals surface area contributed by atoms with Crippen molar-refractivity contribution in [1.29, 1.82) is 0 Å². The van der Waals surface area contributed by atoms with Crippen molar-refractivity contribution in [2.24, 2.45) is 5.92 Å². The summed E-state index contributed by atoms with van der Waals surface area (Å²) >= 11 is 1.29. The third-order valence-electron chi connectivity index (χ3n) is 4.93. The van der Waals surface area contributed by atoms with E-state index in [1.807, 2.05) is 29.6 Å². The number of benzene rings is 1. The minimum atomic E-state index is -1.08. The summed E-state index contributed by atoms with van der Waals surface area (Å²) in [6.07, 6.45) is 2.04. The molecule has 2 aromatic rings. The van der Waals surface area contributed by atoms with E-state index in [9.17, 15) is 14.4 Å². The Morgan fingerprint density at radius 1 is 1.07 bits per heavy atom. The van der Waals surface area contributed by atoms with Gasteiger partial charge in [-0.15, -0.1) is 11.3 Å². The molecule has 1 atom stereocenters. The number of amides is 3. The zero-order valence-electron chi connectivity index (χ0n) is 15.1. The van der Waals surface area contributed by atoms with E-state index in [2.05, 4.69) is 15.6 Å². The molecule has 3 amide bonds. The zero-order chi connectivity index (χ0) is 19.7. The number of thiazole rings is 1. The third-order valence-corrected chi connectivity index (χ3v) is 5.69. The number of nitrogens with zero attached hydrogens (tertiary/aromatic N) is 2. The Bertz CT molecular complexity index is 907. The Labute approximate surface area is 165 Å². The predicted molar refractivity (Wildman–Crippen MR) is 105 cm³/mol. The second-order valence-corrected chi connectivity index (χ2v) is 7.86. The molecule has 3 N–H and O–H groups in total. The van der Waals surface area contributed by atoms with Gasteiger partial charge in [0.2, 0.25) is 11.8 Å². The Balaban J connectivity index is 1.39. The molecule has 0 spiro atoms. The normalized spacial score (nSPS) is 18.7. The molecule has 1 aromatic heterocycles. The van der Waals surface area contributed by atoms with Gasteiger partial charge in [0.05, 0.1) is 5.69 Å². The lowest BCUT2D eigenvalue weighted by atomic mass is 10.1. The summed E-state index contributed by atoms with van der Waals surface area (Å²) in [5.41, 5.74) is 2.33. The van der Waals surface area contributed by atoms with Gasteiger partial charge < -0.3 is 15.7 Å². The highest BCUT2D eigenvalue weighted by molar-refractivity contribution is 7.14. The number of nitrogens with one attached hydrogen (secondary N) is 2. The van der Waals surface area contributed by atoms with Crippen LogP contribution in [0.3, 0.4) is 0 Å². The standard InChI is InChI=1S/C19H20N4O4S/c24-16(12-3-4-12)20-13-7-5-11(6-8-13)14-10-28-18(21-14)22-17(25)15-2-1-9-23(15)19(26)27/h5-8,10,12,15H,1-4,9H2,(H,20,24)(H,26,27)(H,21,22,25). The molecule has 4 rings (SSSR count). The number of hydrogen-bond donors (Lipinski definition) is 3. The molecule has 0 radical (unpaired) electrons. The molecule has 1 saturated carbocycles. The minimum Gasteiger partial charge on any atom is -0.465 e. The molecular formula is C19H20N4O4S. The van der Waals surface area contributed by atoms with Gasteiger partial charge in [-0.2, -0.15) is 0 Å². The van der Waals surface area contributed by atoms with Gasteiger partial charge in [-0.05, 0) is 37.8 Å². The highest BCUT2D eigenvalue weighted by Crippen LogP contribution is 2.31. The predicted octanol–water partition coefficient (Wildman–Crippen LogP) is 3.24. The second-order valence-electron chi connectivity index (χ2n) is 7.00. The summed E-state index contributed by atoms with van der Waals surface area (Å²) in [5, 5.41) is 17.0. The molecule has 1 unspecified atom stereocenters. The summed E-state index contributed by atoms with van der Waals surface area (Å²) in [5.74, 6) is -0.131. The molecule has 1 aromatic carbocycles. The van der Waals surface area contributed by atoms with Gasteiger partial charge in [0, 0.05) is 29.1 Å². The van der Waals surface area contributed by atoms with Crippen LogP contribution in [0.2, 0.25) is 0 Å². The number of rotatable bonds is 5. The van der Waals surface area contributed by atoms with E-state index in [0.29, 0.717) is 30.2 Å². The zero-order valence-corrected chi connectivity index (χ0v) is 15.9. The second kappa shape index (κ2) is 7.59. The van der Waals surface area contributed by atoms with Crippen LogP contribution in [0.25, 0.3) is 11.3 Å². The fraction of sp³-hybridized carbons (Fsp3) is 0.368. The van der Waals surface area contributed by atoms with E-state index in [1.54, 1.807) is 0 Å². The van der Waals surface area contributed by atoms with Gasteiger partial charge in [0.25, 0.3) is 0 Å². The van der Waals surface area contributed by atoms with Gasteiger partial charge in [-0.3, -0.25) is 14.5 Å². The summed E-state index contributed by atoms with van der Waals surface area (Å²) < 4.78 is 0. The van der Waals surface area contributed by atoms with Crippen LogP contribution in [0.4, 0.5) is 15.6 Å². The molecule has 1 saturated heterocycles. The van der Waals surface area contributed by atoms with Crippen LogP contribution in [0.5, 0.6) is 0 Å². The van der Waals surface area contributed by atoms with Crippen molar-refractivity contribution in [3.8, 4) is 11.3 Å². The quantitative estimate of drug-likeness (QED) is 0.713. The van der Waals surface area contributed by atoms with E-state index in [-0.39, 0.29) is 17.7 Å². The first-order chi connectivity index (χ1) is 13.5. The van der Waals surface area contributed by atoms with E-state index >= 15 is 0 Å². The topological polar surface area (TPSA) is 112 Å². The molecule has 2 heterocycles. The number of likely N-dealkylation sites (tertiary alicyclic amines) is 1. The van der Waals surface area contributed by atoms with Gasteiger partial charge in [0.15, 0.2) is 5.13 Å². The van der Waals surface area contributed by atoms with Gasteiger partial charge >= 0.3 is 6.09 Å². The largest absolute Gasteiger partial charge is 0.465 e. The van der Waals surface area contributed by atoms with Crippen LogP contribution >= 0.6 is 11.3 Å². The van der Waals surface area contributed by atoms with E-state index in [4.69, 9.17) is 5.11 Å². The van der Waals surface area contributed by atoms with Crippen molar-refractivity contribution in [3.63, 3.8) is 0 Å². The SMILES string of the molecule is O=C(Nc1ccc(-c2csc(NC(=O)C3CCCN3C(=O)O)n2)cc1)C1CC1. The first-order valence-electron chi connectivity index (χ1n) is 9.18. The first kappa shape index (κ1) is 18.4. The van der Waals surface area contributed by atoms with Crippen LogP contribution < -0.4 is 10.6 Å². The lowest BCUT2D eigenvalue weighted by molar-refractivity contribution is -0.120. The number of carboxylic acid groups (broad SMARTS) is 1. The lowest BCUT2D eigenvalue weighted by Gasteiger charge is -2.19. The smallest absolute Gasteiger partial charge is 0.407 e. The first-order valence-corrected chi connectivity index (χ1v) is 10.1.